The Hall–Kier alpha value is -1.35. The smallest absolute Gasteiger partial charge is 0.224 e. The lowest BCUT2D eigenvalue weighted by molar-refractivity contribution is -0.121. The molecular weight excluding hydrogens is 224 g/mol. The maximum absolute atomic E-state index is 12.0. The van der Waals surface area contributed by atoms with E-state index in [4.69, 9.17) is 0 Å². The highest BCUT2D eigenvalue weighted by Gasteiger charge is 2.22. The summed E-state index contributed by atoms with van der Waals surface area (Å²) in [6.45, 7) is 6.23. The van der Waals surface area contributed by atoms with E-state index in [1.54, 1.807) is 0 Å². The molecule has 0 saturated carbocycles. The summed E-state index contributed by atoms with van der Waals surface area (Å²) in [5.41, 5.74) is 2.31. The van der Waals surface area contributed by atoms with Crippen LogP contribution in [0.2, 0.25) is 0 Å². The van der Waals surface area contributed by atoms with Gasteiger partial charge < -0.3 is 10.6 Å². The fraction of sp³-hybridized carbons (Fsp3) is 0.533. The monoisotopic (exact) mass is 246 g/mol. The molecule has 1 saturated heterocycles. The molecule has 0 bridgehead atoms. The normalized spacial score (nSPS) is 23.7. The number of benzene rings is 1. The Balaban J connectivity index is 1.90. The van der Waals surface area contributed by atoms with Gasteiger partial charge in [0, 0.05) is 6.04 Å². The van der Waals surface area contributed by atoms with Gasteiger partial charge >= 0.3 is 0 Å². The molecule has 18 heavy (non-hydrogen) atoms. The van der Waals surface area contributed by atoms with Gasteiger partial charge in [0.2, 0.25) is 5.91 Å². The van der Waals surface area contributed by atoms with Crippen molar-refractivity contribution in [3.63, 3.8) is 0 Å². The lowest BCUT2D eigenvalue weighted by Gasteiger charge is -2.30. The molecule has 2 rings (SSSR count). The molecule has 1 aliphatic heterocycles. The van der Waals surface area contributed by atoms with Crippen molar-refractivity contribution in [3.05, 3.63) is 35.4 Å². The van der Waals surface area contributed by atoms with Gasteiger partial charge in [0.25, 0.3) is 0 Å². The number of hydrogen-bond acceptors (Lipinski definition) is 2. The van der Waals surface area contributed by atoms with Crippen LogP contribution in [0.4, 0.5) is 0 Å². The number of hydrogen-bond donors (Lipinski definition) is 2. The van der Waals surface area contributed by atoms with Crippen molar-refractivity contribution in [3.8, 4) is 0 Å². The standard InChI is InChI=1S/C15H22N2O/c1-11-5-3-4-6-13(11)9-15(18)17-14-7-8-16-10-12(14)2/h3-6,12,14,16H,7-10H2,1-2H3,(H,17,18). The number of nitrogens with one attached hydrogen (secondary N) is 2. The summed E-state index contributed by atoms with van der Waals surface area (Å²) in [6.07, 6.45) is 1.52. The molecule has 1 heterocycles. The van der Waals surface area contributed by atoms with Gasteiger partial charge in [0.15, 0.2) is 0 Å². The molecule has 0 aromatic heterocycles. The third-order valence-corrected chi connectivity index (χ3v) is 3.74. The molecule has 3 nitrogen and oxygen atoms in total. The average Bonchev–Trinajstić information content (AvgIpc) is 2.35. The minimum absolute atomic E-state index is 0.142. The SMILES string of the molecule is Cc1ccccc1CC(=O)NC1CCNCC1C. The Bertz CT molecular complexity index is 417. The summed E-state index contributed by atoms with van der Waals surface area (Å²) in [4.78, 5) is 12.0. The second-order valence-electron chi connectivity index (χ2n) is 5.25. The molecular formula is C15H22N2O. The minimum Gasteiger partial charge on any atom is -0.353 e. The summed E-state index contributed by atoms with van der Waals surface area (Å²) in [6, 6.07) is 8.40. The van der Waals surface area contributed by atoms with E-state index in [0.717, 1.165) is 25.1 Å². The van der Waals surface area contributed by atoms with Gasteiger partial charge in [-0.2, -0.15) is 0 Å². The van der Waals surface area contributed by atoms with Crippen LogP contribution in [0.3, 0.4) is 0 Å². The van der Waals surface area contributed by atoms with Gasteiger partial charge in [0.05, 0.1) is 6.42 Å². The highest BCUT2D eigenvalue weighted by atomic mass is 16.1. The predicted molar refractivity (Wildman–Crippen MR) is 73.5 cm³/mol. The van der Waals surface area contributed by atoms with Crippen LogP contribution in [0.25, 0.3) is 0 Å². The van der Waals surface area contributed by atoms with Crippen molar-refractivity contribution in [2.75, 3.05) is 13.1 Å². The second kappa shape index (κ2) is 6.01. The molecule has 1 amide bonds. The van der Waals surface area contributed by atoms with E-state index >= 15 is 0 Å². The van der Waals surface area contributed by atoms with Gasteiger partial charge in [-0.05, 0) is 43.5 Å². The van der Waals surface area contributed by atoms with Crippen LogP contribution in [0.1, 0.15) is 24.5 Å². The van der Waals surface area contributed by atoms with Gasteiger partial charge in [-0.15, -0.1) is 0 Å². The molecule has 2 atom stereocenters. The molecule has 1 aromatic rings. The van der Waals surface area contributed by atoms with Crippen LogP contribution in [0.15, 0.2) is 24.3 Å². The quantitative estimate of drug-likeness (QED) is 0.851. The molecule has 2 unspecified atom stereocenters. The first-order chi connectivity index (χ1) is 8.66. The predicted octanol–water partition coefficient (Wildman–Crippen LogP) is 1.65. The molecule has 0 radical (unpaired) electrons. The van der Waals surface area contributed by atoms with E-state index in [2.05, 4.69) is 30.5 Å². The van der Waals surface area contributed by atoms with Gasteiger partial charge in [-0.1, -0.05) is 31.2 Å². The molecule has 2 N–H and O–H groups in total. The largest absolute Gasteiger partial charge is 0.353 e. The summed E-state index contributed by atoms with van der Waals surface area (Å²) in [7, 11) is 0. The fourth-order valence-electron chi connectivity index (χ4n) is 2.47. The summed E-state index contributed by atoms with van der Waals surface area (Å²) >= 11 is 0. The zero-order chi connectivity index (χ0) is 13.0. The highest BCUT2D eigenvalue weighted by molar-refractivity contribution is 5.79. The Kier molecular flexibility index (Phi) is 4.37. The van der Waals surface area contributed by atoms with Crippen LogP contribution in [-0.2, 0) is 11.2 Å². The van der Waals surface area contributed by atoms with Gasteiger partial charge in [-0.25, -0.2) is 0 Å². The third kappa shape index (κ3) is 3.33. The molecule has 1 aliphatic rings. The van der Waals surface area contributed by atoms with Crippen molar-refractivity contribution in [1.82, 2.24) is 10.6 Å². The number of amides is 1. The van der Waals surface area contributed by atoms with Crippen LogP contribution in [-0.4, -0.2) is 25.0 Å². The topological polar surface area (TPSA) is 41.1 Å². The summed E-state index contributed by atoms with van der Waals surface area (Å²) in [5.74, 6) is 0.655. The third-order valence-electron chi connectivity index (χ3n) is 3.74. The number of piperidine rings is 1. The van der Waals surface area contributed by atoms with Crippen molar-refractivity contribution in [2.24, 2.45) is 5.92 Å². The lowest BCUT2D eigenvalue weighted by Crippen LogP contribution is -2.48. The van der Waals surface area contributed by atoms with E-state index in [1.807, 2.05) is 18.2 Å². The Labute approximate surface area is 109 Å². The van der Waals surface area contributed by atoms with Gasteiger partial charge in [0.1, 0.15) is 0 Å². The first kappa shape index (κ1) is 13.1. The van der Waals surface area contributed by atoms with E-state index in [9.17, 15) is 4.79 Å². The van der Waals surface area contributed by atoms with Crippen molar-refractivity contribution in [1.29, 1.82) is 0 Å². The first-order valence-electron chi connectivity index (χ1n) is 6.71. The van der Waals surface area contributed by atoms with Crippen LogP contribution in [0, 0.1) is 12.8 Å². The maximum Gasteiger partial charge on any atom is 0.224 e. The van der Waals surface area contributed by atoms with Crippen molar-refractivity contribution in [2.45, 2.75) is 32.7 Å². The van der Waals surface area contributed by atoms with E-state index in [-0.39, 0.29) is 5.91 Å². The Morgan fingerprint density at radius 1 is 1.44 bits per heavy atom. The number of carbonyl (C=O) groups is 1. The second-order valence-corrected chi connectivity index (χ2v) is 5.25. The van der Waals surface area contributed by atoms with E-state index < -0.39 is 0 Å². The minimum atomic E-state index is 0.142. The number of carbonyl (C=O) groups excluding carboxylic acids is 1. The Morgan fingerprint density at radius 2 is 2.22 bits per heavy atom. The zero-order valence-corrected chi connectivity index (χ0v) is 11.2. The maximum atomic E-state index is 12.0. The molecule has 98 valence electrons. The van der Waals surface area contributed by atoms with Crippen LogP contribution < -0.4 is 10.6 Å². The summed E-state index contributed by atoms with van der Waals surface area (Å²) in [5, 5.41) is 6.51. The molecule has 0 aliphatic carbocycles. The van der Waals surface area contributed by atoms with E-state index in [0.29, 0.717) is 18.4 Å². The molecule has 1 aromatic carbocycles. The number of rotatable bonds is 3. The fourth-order valence-corrected chi connectivity index (χ4v) is 2.47. The highest BCUT2D eigenvalue weighted by Crippen LogP contribution is 2.12. The molecule has 3 heteroatoms. The zero-order valence-electron chi connectivity index (χ0n) is 11.2. The summed E-state index contributed by atoms with van der Waals surface area (Å²) < 4.78 is 0. The van der Waals surface area contributed by atoms with Crippen molar-refractivity contribution < 1.29 is 4.79 Å². The average molecular weight is 246 g/mol. The Morgan fingerprint density at radius 3 is 2.94 bits per heavy atom. The number of aryl methyl sites for hydroxylation is 1. The first-order valence-corrected chi connectivity index (χ1v) is 6.71. The lowest BCUT2D eigenvalue weighted by atomic mass is 9.95. The van der Waals surface area contributed by atoms with Crippen molar-refractivity contribution >= 4 is 5.91 Å². The van der Waals surface area contributed by atoms with Crippen LogP contribution >= 0.6 is 0 Å². The molecule has 1 fully saturated rings. The van der Waals surface area contributed by atoms with Gasteiger partial charge in [-0.3, -0.25) is 4.79 Å². The molecule has 0 spiro atoms. The van der Waals surface area contributed by atoms with Crippen LogP contribution in [0.5, 0.6) is 0 Å². The van der Waals surface area contributed by atoms with E-state index in [1.165, 1.54) is 5.56 Å².